The molecule has 0 radical (unpaired) electrons. The fourth-order valence-corrected chi connectivity index (χ4v) is 2.20. The van der Waals surface area contributed by atoms with Gasteiger partial charge in [-0.2, -0.15) is 5.10 Å². The number of nitrogens with zero attached hydrogens (tertiary/aromatic N) is 3. The van der Waals surface area contributed by atoms with Crippen LogP contribution in [0.15, 0.2) is 23.3 Å². The Hall–Kier alpha value is -2.68. The maximum Gasteiger partial charge on any atom is 0.362 e. The zero-order valence-corrected chi connectivity index (χ0v) is 13.7. The van der Waals surface area contributed by atoms with Gasteiger partial charge in [0.1, 0.15) is 0 Å². The van der Waals surface area contributed by atoms with E-state index < -0.39 is 5.97 Å². The highest BCUT2D eigenvalue weighted by atomic mass is 32.1. The summed E-state index contributed by atoms with van der Waals surface area (Å²) in [6.07, 6.45) is 1.58. The molecule has 0 aliphatic rings. The van der Waals surface area contributed by atoms with Crippen molar-refractivity contribution in [3.05, 3.63) is 29.5 Å². The molecule has 0 aliphatic carbocycles. The average molecular weight is 336 g/mol. The Bertz CT molecular complexity index is 702. The van der Waals surface area contributed by atoms with Gasteiger partial charge in [-0.1, -0.05) is 4.49 Å². The first kappa shape index (κ1) is 16.7. The van der Waals surface area contributed by atoms with Gasteiger partial charge in [0, 0.05) is 11.5 Å². The first-order valence-corrected chi connectivity index (χ1v) is 7.47. The fraction of sp³-hybridized carbons (Fsp3) is 0.286. The normalized spacial score (nSPS) is 10.6. The number of nitrogens with one attached hydrogen (secondary N) is 1. The van der Waals surface area contributed by atoms with Crippen molar-refractivity contribution < 1.29 is 19.0 Å². The Morgan fingerprint density at radius 3 is 2.83 bits per heavy atom. The molecular weight excluding hydrogens is 320 g/mol. The number of hydrazone groups is 1. The predicted molar refractivity (Wildman–Crippen MR) is 86.6 cm³/mol. The third-order valence-corrected chi connectivity index (χ3v) is 3.37. The molecule has 8 nitrogen and oxygen atoms in total. The second-order valence-electron chi connectivity index (χ2n) is 4.16. The highest BCUT2D eigenvalue weighted by Crippen LogP contribution is 2.27. The van der Waals surface area contributed by atoms with Crippen LogP contribution in [0.1, 0.15) is 23.0 Å². The Morgan fingerprint density at radius 2 is 2.13 bits per heavy atom. The molecule has 0 amide bonds. The van der Waals surface area contributed by atoms with Crippen molar-refractivity contribution in [3.63, 3.8) is 0 Å². The molecule has 1 aromatic carbocycles. The molecule has 0 saturated carbocycles. The number of carbonyl (C=O) groups excluding carboxylic acids is 1. The monoisotopic (exact) mass is 336 g/mol. The Balaban J connectivity index is 2.08. The van der Waals surface area contributed by atoms with Crippen molar-refractivity contribution >= 4 is 28.7 Å². The fourth-order valence-electron chi connectivity index (χ4n) is 1.70. The predicted octanol–water partition coefficient (Wildman–Crippen LogP) is 2.18. The van der Waals surface area contributed by atoms with Crippen LogP contribution in [0.5, 0.6) is 11.5 Å². The second-order valence-corrected chi connectivity index (χ2v) is 4.91. The standard InChI is InChI=1S/C14H16N4O4S/c1-4-22-14(19)12-13(23-18-16-12)17-15-8-9-5-6-10(20-2)11(7-9)21-3/h5-8,17H,4H2,1-3H3/b15-8-. The van der Waals surface area contributed by atoms with Gasteiger partial charge in [-0.15, -0.1) is 5.10 Å². The lowest BCUT2D eigenvalue weighted by Gasteiger charge is -2.07. The van der Waals surface area contributed by atoms with Gasteiger partial charge in [0.25, 0.3) is 0 Å². The average Bonchev–Trinajstić information content (AvgIpc) is 3.03. The van der Waals surface area contributed by atoms with Crippen molar-refractivity contribution in [2.24, 2.45) is 5.10 Å². The number of methoxy groups -OCH3 is 2. The van der Waals surface area contributed by atoms with Crippen LogP contribution < -0.4 is 14.9 Å². The molecule has 2 rings (SSSR count). The molecule has 0 bridgehead atoms. The van der Waals surface area contributed by atoms with Gasteiger partial charge in [0.05, 0.1) is 27.0 Å². The lowest BCUT2D eigenvalue weighted by Crippen LogP contribution is -2.07. The molecule has 0 atom stereocenters. The number of aromatic nitrogens is 2. The lowest BCUT2D eigenvalue weighted by atomic mass is 10.2. The van der Waals surface area contributed by atoms with E-state index in [0.717, 1.165) is 17.1 Å². The number of rotatable bonds is 7. The van der Waals surface area contributed by atoms with E-state index in [2.05, 4.69) is 20.1 Å². The number of hydrogen-bond donors (Lipinski definition) is 1. The minimum absolute atomic E-state index is 0.112. The second kappa shape index (κ2) is 8.08. The van der Waals surface area contributed by atoms with E-state index in [4.69, 9.17) is 14.2 Å². The summed E-state index contributed by atoms with van der Waals surface area (Å²) in [5.41, 5.74) is 3.65. The first-order valence-electron chi connectivity index (χ1n) is 6.70. The van der Waals surface area contributed by atoms with Crippen molar-refractivity contribution in [2.75, 3.05) is 26.3 Å². The maximum atomic E-state index is 11.7. The lowest BCUT2D eigenvalue weighted by molar-refractivity contribution is 0.0520. The summed E-state index contributed by atoms with van der Waals surface area (Å²) in [6.45, 7) is 1.99. The van der Waals surface area contributed by atoms with Crippen molar-refractivity contribution in [1.29, 1.82) is 0 Å². The van der Waals surface area contributed by atoms with Crippen LogP contribution in [-0.2, 0) is 4.74 Å². The first-order chi connectivity index (χ1) is 11.2. The van der Waals surface area contributed by atoms with Gasteiger partial charge in [0.2, 0.25) is 5.69 Å². The van der Waals surface area contributed by atoms with Crippen LogP contribution in [-0.4, -0.2) is 42.6 Å². The molecule has 2 aromatic rings. The van der Waals surface area contributed by atoms with Crippen LogP contribution in [0.4, 0.5) is 5.00 Å². The highest BCUT2D eigenvalue weighted by molar-refractivity contribution is 7.10. The summed E-state index contributed by atoms with van der Waals surface area (Å²) < 4.78 is 19.0. The van der Waals surface area contributed by atoms with E-state index in [0.29, 0.717) is 16.5 Å². The van der Waals surface area contributed by atoms with Crippen LogP contribution in [0.25, 0.3) is 0 Å². The quantitative estimate of drug-likeness (QED) is 0.470. The summed E-state index contributed by atoms with van der Waals surface area (Å²) in [5, 5.41) is 8.22. The molecule has 0 fully saturated rings. The maximum absolute atomic E-state index is 11.7. The molecule has 0 aliphatic heterocycles. The van der Waals surface area contributed by atoms with E-state index >= 15 is 0 Å². The van der Waals surface area contributed by atoms with E-state index in [1.165, 1.54) is 0 Å². The van der Waals surface area contributed by atoms with Crippen molar-refractivity contribution in [1.82, 2.24) is 9.59 Å². The molecule has 1 heterocycles. The summed E-state index contributed by atoms with van der Waals surface area (Å²) in [6, 6.07) is 5.38. The van der Waals surface area contributed by atoms with E-state index in [1.54, 1.807) is 39.5 Å². The molecule has 1 aromatic heterocycles. The molecular formula is C14H16N4O4S. The number of anilines is 1. The summed E-state index contributed by atoms with van der Waals surface area (Å²) in [5.74, 6) is 0.696. The highest BCUT2D eigenvalue weighted by Gasteiger charge is 2.17. The summed E-state index contributed by atoms with van der Waals surface area (Å²) in [4.78, 5) is 11.7. The number of ether oxygens (including phenoxy) is 3. The number of esters is 1. The van der Waals surface area contributed by atoms with Gasteiger partial charge in [-0.25, -0.2) is 4.79 Å². The van der Waals surface area contributed by atoms with E-state index in [-0.39, 0.29) is 12.3 Å². The van der Waals surface area contributed by atoms with Crippen LogP contribution in [0.3, 0.4) is 0 Å². The van der Waals surface area contributed by atoms with Gasteiger partial charge in [-0.05, 0) is 30.7 Å². The van der Waals surface area contributed by atoms with Crippen LogP contribution >= 0.6 is 11.5 Å². The molecule has 0 saturated heterocycles. The molecule has 9 heteroatoms. The molecule has 23 heavy (non-hydrogen) atoms. The third-order valence-electron chi connectivity index (χ3n) is 2.74. The number of hydrogen-bond acceptors (Lipinski definition) is 9. The topological polar surface area (TPSA) is 94.9 Å². The SMILES string of the molecule is CCOC(=O)c1nnsc1N/N=C\c1ccc(OC)c(OC)c1. The van der Waals surface area contributed by atoms with Gasteiger partial charge >= 0.3 is 5.97 Å². The summed E-state index contributed by atoms with van der Waals surface area (Å²) in [7, 11) is 3.13. The van der Waals surface area contributed by atoms with Crippen LogP contribution in [0, 0.1) is 0 Å². The van der Waals surface area contributed by atoms with Crippen molar-refractivity contribution in [3.8, 4) is 11.5 Å². The molecule has 1 N–H and O–H groups in total. The third kappa shape index (κ3) is 4.16. The molecule has 0 spiro atoms. The number of benzene rings is 1. The zero-order chi connectivity index (χ0) is 16.7. The van der Waals surface area contributed by atoms with Crippen LogP contribution in [0.2, 0.25) is 0 Å². The smallest absolute Gasteiger partial charge is 0.362 e. The van der Waals surface area contributed by atoms with E-state index in [1.807, 2.05) is 6.07 Å². The van der Waals surface area contributed by atoms with Gasteiger partial charge in [0.15, 0.2) is 16.5 Å². The van der Waals surface area contributed by atoms with Crippen molar-refractivity contribution in [2.45, 2.75) is 6.92 Å². The number of carbonyl (C=O) groups is 1. The van der Waals surface area contributed by atoms with Gasteiger partial charge in [-0.3, -0.25) is 5.43 Å². The molecule has 0 unspecified atom stereocenters. The molecule has 122 valence electrons. The Labute approximate surface area is 137 Å². The zero-order valence-electron chi connectivity index (χ0n) is 12.9. The van der Waals surface area contributed by atoms with Gasteiger partial charge < -0.3 is 14.2 Å². The Morgan fingerprint density at radius 1 is 1.35 bits per heavy atom. The Kier molecular flexibility index (Phi) is 5.87. The minimum atomic E-state index is -0.537. The minimum Gasteiger partial charge on any atom is -0.493 e. The largest absolute Gasteiger partial charge is 0.493 e. The van der Waals surface area contributed by atoms with E-state index in [9.17, 15) is 4.79 Å². The summed E-state index contributed by atoms with van der Waals surface area (Å²) >= 11 is 1.02.